The fourth-order valence-corrected chi connectivity index (χ4v) is 0.987. The first-order valence-electron chi connectivity index (χ1n) is 3.60. The second-order valence-electron chi connectivity index (χ2n) is 2.36. The van der Waals surface area contributed by atoms with Gasteiger partial charge in [0.1, 0.15) is 11.5 Å². The number of hydrogen-bond acceptors (Lipinski definition) is 3. The summed E-state index contributed by atoms with van der Waals surface area (Å²) in [5.41, 5.74) is 0. The number of halogens is 4. The maximum atomic E-state index is 11.8. The molecule has 0 aliphatic heterocycles. The Kier molecular flexibility index (Phi) is 3.76. The molecular formula is C8H4ClF3O2S. The fraction of sp³-hybridized carbons (Fsp3) is 0.125. The van der Waals surface area contributed by atoms with Gasteiger partial charge in [0.15, 0.2) is 0 Å². The molecule has 0 spiro atoms. The average molecular weight is 257 g/mol. The van der Waals surface area contributed by atoms with Gasteiger partial charge in [0.25, 0.3) is 4.51 Å². The van der Waals surface area contributed by atoms with Gasteiger partial charge < -0.3 is 9.47 Å². The van der Waals surface area contributed by atoms with Gasteiger partial charge in [0.2, 0.25) is 0 Å². The third kappa shape index (κ3) is 4.85. The number of alkyl halides is 3. The van der Waals surface area contributed by atoms with Crippen LogP contribution in [0.15, 0.2) is 24.3 Å². The summed E-state index contributed by atoms with van der Waals surface area (Å²) in [5, 5.41) is 0. The predicted molar refractivity (Wildman–Crippen MR) is 52.2 cm³/mol. The standard InChI is InChI=1S/C8H4ClF3O2S/c9-7(15)13-5-1-3-6(4-2-5)14-8(10,11)12/h1-4H. The molecule has 82 valence electrons. The van der Waals surface area contributed by atoms with E-state index >= 15 is 0 Å². The molecule has 0 aromatic heterocycles. The average Bonchev–Trinajstić information content (AvgIpc) is 2.05. The molecule has 7 heteroatoms. The van der Waals surface area contributed by atoms with Crippen LogP contribution in [0.25, 0.3) is 0 Å². The Morgan fingerprint density at radius 3 is 2.00 bits per heavy atom. The predicted octanol–water partition coefficient (Wildman–Crippen LogP) is 3.49. The number of rotatable bonds is 2. The molecule has 15 heavy (non-hydrogen) atoms. The highest BCUT2D eigenvalue weighted by atomic mass is 35.5. The van der Waals surface area contributed by atoms with Crippen LogP contribution in [-0.2, 0) is 0 Å². The lowest BCUT2D eigenvalue weighted by Gasteiger charge is -2.08. The zero-order chi connectivity index (χ0) is 11.5. The van der Waals surface area contributed by atoms with Crippen LogP contribution >= 0.6 is 23.8 Å². The molecule has 0 unspecified atom stereocenters. The summed E-state index contributed by atoms with van der Waals surface area (Å²) >= 11 is 9.69. The first kappa shape index (κ1) is 12.1. The summed E-state index contributed by atoms with van der Waals surface area (Å²) in [6, 6.07) is 4.71. The van der Waals surface area contributed by atoms with E-state index in [1.54, 1.807) is 0 Å². The Morgan fingerprint density at radius 1 is 1.13 bits per heavy atom. The third-order valence-corrected chi connectivity index (χ3v) is 1.42. The van der Waals surface area contributed by atoms with E-state index in [1.807, 2.05) is 0 Å². The van der Waals surface area contributed by atoms with E-state index in [0.29, 0.717) is 0 Å². The van der Waals surface area contributed by atoms with Crippen molar-refractivity contribution in [2.45, 2.75) is 6.36 Å². The van der Waals surface area contributed by atoms with Gasteiger partial charge in [-0.15, -0.1) is 13.2 Å². The van der Waals surface area contributed by atoms with Gasteiger partial charge in [-0.3, -0.25) is 0 Å². The molecule has 0 N–H and O–H groups in total. The number of thiocarbonyl (C=S) groups is 1. The van der Waals surface area contributed by atoms with Gasteiger partial charge in [-0.25, -0.2) is 0 Å². The quantitative estimate of drug-likeness (QED) is 0.596. The summed E-state index contributed by atoms with van der Waals surface area (Å²) in [6.07, 6.45) is -4.70. The van der Waals surface area contributed by atoms with Crippen molar-refractivity contribution in [3.05, 3.63) is 24.3 Å². The van der Waals surface area contributed by atoms with Crippen molar-refractivity contribution in [3.8, 4) is 11.5 Å². The van der Waals surface area contributed by atoms with Gasteiger partial charge in [-0.2, -0.15) is 0 Å². The molecule has 0 saturated carbocycles. The largest absolute Gasteiger partial charge is 0.573 e. The minimum atomic E-state index is -4.70. The molecule has 2 nitrogen and oxygen atoms in total. The first-order valence-corrected chi connectivity index (χ1v) is 4.38. The second-order valence-corrected chi connectivity index (χ2v) is 3.30. The van der Waals surface area contributed by atoms with Crippen LogP contribution < -0.4 is 9.47 Å². The number of hydrogen-bond donors (Lipinski definition) is 0. The molecule has 0 atom stereocenters. The highest BCUT2D eigenvalue weighted by Gasteiger charge is 2.30. The van der Waals surface area contributed by atoms with Crippen molar-refractivity contribution in [1.82, 2.24) is 0 Å². The SMILES string of the molecule is FC(F)(F)Oc1ccc(OC(=S)Cl)cc1. The normalized spacial score (nSPS) is 10.9. The third-order valence-electron chi connectivity index (χ3n) is 1.26. The van der Waals surface area contributed by atoms with Gasteiger partial charge >= 0.3 is 6.36 Å². The maximum Gasteiger partial charge on any atom is 0.573 e. The van der Waals surface area contributed by atoms with Crippen molar-refractivity contribution in [2.75, 3.05) is 0 Å². The van der Waals surface area contributed by atoms with E-state index in [0.717, 1.165) is 12.1 Å². The lowest BCUT2D eigenvalue weighted by Crippen LogP contribution is -2.16. The van der Waals surface area contributed by atoms with Crippen LogP contribution in [0.2, 0.25) is 0 Å². The minimum absolute atomic E-state index is 0.237. The lowest BCUT2D eigenvalue weighted by molar-refractivity contribution is -0.274. The van der Waals surface area contributed by atoms with Gasteiger partial charge in [-0.1, -0.05) is 0 Å². The maximum absolute atomic E-state index is 11.8. The van der Waals surface area contributed by atoms with E-state index in [4.69, 9.17) is 16.3 Å². The van der Waals surface area contributed by atoms with E-state index in [2.05, 4.69) is 17.0 Å². The van der Waals surface area contributed by atoms with Crippen molar-refractivity contribution < 1.29 is 22.6 Å². The second kappa shape index (κ2) is 4.67. The molecule has 1 aromatic rings. The van der Waals surface area contributed by atoms with Crippen LogP contribution in [0.3, 0.4) is 0 Å². The number of benzene rings is 1. The van der Waals surface area contributed by atoms with E-state index in [1.165, 1.54) is 12.1 Å². The number of ether oxygens (including phenoxy) is 2. The molecule has 0 saturated heterocycles. The van der Waals surface area contributed by atoms with E-state index in [9.17, 15) is 13.2 Å². The highest BCUT2D eigenvalue weighted by molar-refractivity contribution is 7.82. The molecule has 0 bridgehead atoms. The molecule has 0 amide bonds. The van der Waals surface area contributed by atoms with Gasteiger partial charge in [-0.05, 0) is 48.1 Å². The Bertz CT molecular complexity index is 350. The summed E-state index contributed by atoms with van der Waals surface area (Å²) < 4.78 is 43.4. The molecule has 0 aliphatic rings. The molecule has 0 aliphatic carbocycles. The summed E-state index contributed by atoms with van der Waals surface area (Å²) in [4.78, 5) is 0. The smallest absolute Gasteiger partial charge is 0.436 e. The molecule has 0 radical (unpaired) electrons. The highest BCUT2D eigenvalue weighted by Crippen LogP contribution is 2.24. The lowest BCUT2D eigenvalue weighted by atomic mass is 10.3. The van der Waals surface area contributed by atoms with Crippen LogP contribution in [-0.4, -0.2) is 10.9 Å². The van der Waals surface area contributed by atoms with Crippen LogP contribution in [0, 0.1) is 0 Å². The zero-order valence-electron chi connectivity index (χ0n) is 7.05. The molecule has 1 rings (SSSR count). The molecule has 1 aromatic carbocycles. The Balaban J connectivity index is 2.68. The van der Waals surface area contributed by atoms with E-state index in [-0.39, 0.29) is 16.0 Å². The van der Waals surface area contributed by atoms with E-state index < -0.39 is 6.36 Å². The summed E-state index contributed by atoms with van der Waals surface area (Å²) in [5.74, 6) is -0.0973. The Labute approximate surface area is 93.5 Å². The Hall–Kier alpha value is -1.01. The molecule has 0 heterocycles. The van der Waals surface area contributed by atoms with Crippen molar-refractivity contribution in [2.24, 2.45) is 0 Å². The van der Waals surface area contributed by atoms with Crippen molar-refractivity contribution in [1.29, 1.82) is 0 Å². The van der Waals surface area contributed by atoms with Crippen molar-refractivity contribution in [3.63, 3.8) is 0 Å². The van der Waals surface area contributed by atoms with Gasteiger partial charge in [0.05, 0.1) is 0 Å². The summed E-state index contributed by atoms with van der Waals surface area (Å²) in [6.45, 7) is 0. The molecular weight excluding hydrogens is 253 g/mol. The first-order chi connectivity index (χ1) is 6.87. The minimum Gasteiger partial charge on any atom is -0.436 e. The van der Waals surface area contributed by atoms with Crippen LogP contribution in [0.4, 0.5) is 13.2 Å². The molecule has 0 fully saturated rings. The fourth-order valence-electron chi connectivity index (χ4n) is 0.802. The topological polar surface area (TPSA) is 18.5 Å². The van der Waals surface area contributed by atoms with Crippen LogP contribution in [0.1, 0.15) is 0 Å². The Morgan fingerprint density at radius 2 is 1.60 bits per heavy atom. The monoisotopic (exact) mass is 256 g/mol. The zero-order valence-corrected chi connectivity index (χ0v) is 8.62. The summed E-state index contributed by atoms with van der Waals surface area (Å²) in [7, 11) is 0. The van der Waals surface area contributed by atoms with Crippen LogP contribution in [0.5, 0.6) is 11.5 Å². The van der Waals surface area contributed by atoms with Gasteiger partial charge in [0, 0.05) is 0 Å². The van der Waals surface area contributed by atoms with Crippen molar-refractivity contribution >= 4 is 28.3 Å².